The Hall–Kier alpha value is -1.13. The molecule has 0 saturated carbocycles. The minimum Gasteiger partial charge on any atom is -0.355 e. The van der Waals surface area contributed by atoms with Gasteiger partial charge in [-0.1, -0.05) is 53.9 Å². The highest BCUT2D eigenvalue weighted by molar-refractivity contribution is 8.03. The topological polar surface area (TPSA) is 93.8 Å². The first-order valence-corrected chi connectivity index (χ1v) is 9.67. The molecule has 0 aliphatic carbocycles. The summed E-state index contributed by atoms with van der Waals surface area (Å²) in [5.74, 6) is 2.28. The Morgan fingerprint density at radius 3 is 2.73 bits per heavy atom. The maximum atomic E-state index is 11.5. The van der Waals surface area contributed by atoms with Gasteiger partial charge in [-0.2, -0.15) is 4.98 Å². The maximum Gasteiger partial charge on any atom is 0.230 e. The second-order valence-corrected chi connectivity index (χ2v) is 7.64. The summed E-state index contributed by atoms with van der Waals surface area (Å²) >= 11 is 4.38. The Kier molecular flexibility index (Phi) is 7.13. The van der Waals surface area contributed by atoms with E-state index in [1.54, 1.807) is 0 Å². The van der Waals surface area contributed by atoms with E-state index in [-0.39, 0.29) is 5.91 Å². The summed E-state index contributed by atoms with van der Waals surface area (Å²) in [6.07, 6.45) is 1.67. The monoisotopic (exact) mass is 359 g/mol. The zero-order valence-corrected chi connectivity index (χ0v) is 14.8. The van der Waals surface area contributed by atoms with Crippen LogP contribution in [0.15, 0.2) is 13.2 Å². The number of hydrogen-bond donors (Lipinski definition) is 1. The smallest absolute Gasteiger partial charge is 0.230 e. The van der Waals surface area contributed by atoms with Crippen molar-refractivity contribution in [2.75, 3.05) is 12.3 Å². The molecule has 22 heavy (non-hydrogen) atoms. The first kappa shape index (κ1) is 17.2. The molecule has 120 valence electrons. The van der Waals surface area contributed by atoms with E-state index < -0.39 is 0 Å². The van der Waals surface area contributed by atoms with Crippen LogP contribution in [0, 0.1) is 0 Å². The molecular formula is C12H17N5O2S3. The fraction of sp³-hybridized carbons (Fsp3) is 0.583. The number of aryl methyl sites for hydroxylation is 1. The molecule has 10 heteroatoms. The first-order valence-electron chi connectivity index (χ1n) is 6.88. The van der Waals surface area contributed by atoms with Crippen molar-refractivity contribution in [3.63, 3.8) is 0 Å². The van der Waals surface area contributed by atoms with Gasteiger partial charge in [0.05, 0.1) is 11.5 Å². The van der Waals surface area contributed by atoms with Crippen LogP contribution in [0.1, 0.15) is 32.0 Å². The standard InChI is InChI=1S/C12H17N5O2S3/c1-3-5-13-9(18)7-21-12-16-15-11(22-12)20-6-8-14-10(4-2)19-17-8/h3-7H2,1-2H3,(H,13,18). The molecular weight excluding hydrogens is 342 g/mol. The van der Waals surface area contributed by atoms with Crippen LogP contribution < -0.4 is 5.32 Å². The predicted octanol–water partition coefficient (Wildman–Crippen LogP) is 2.39. The van der Waals surface area contributed by atoms with Crippen LogP contribution >= 0.6 is 34.9 Å². The van der Waals surface area contributed by atoms with Crippen molar-refractivity contribution >= 4 is 40.8 Å². The van der Waals surface area contributed by atoms with E-state index >= 15 is 0 Å². The van der Waals surface area contributed by atoms with Gasteiger partial charge in [0.2, 0.25) is 11.8 Å². The van der Waals surface area contributed by atoms with Gasteiger partial charge in [0.1, 0.15) is 0 Å². The van der Waals surface area contributed by atoms with Gasteiger partial charge in [0.25, 0.3) is 0 Å². The van der Waals surface area contributed by atoms with Crippen LogP contribution in [0.3, 0.4) is 0 Å². The van der Waals surface area contributed by atoms with Gasteiger partial charge < -0.3 is 9.84 Å². The Morgan fingerprint density at radius 2 is 2.05 bits per heavy atom. The zero-order valence-electron chi connectivity index (χ0n) is 12.4. The number of nitrogens with one attached hydrogen (secondary N) is 1. The van der Waals surface area contributed by atoms with Gasteiger partial charge in [0.15, 0.2) is 14.5 Å². The van der Waals surface area contributed by atoms with Gasteiger partial charge in [-0.05, 0) is 6.42 Å². The lowest BCUT2D eigenvalue weighted by atomic mass is 10.5. The lowest BCUT2D eigenvalue weighted by Gasteiger charge is -2.00. The van der Waals surface area contributed by atoms with Crippen molar-refractivity contribution < 1.29 is 9.32 Å². The molecule has 0 bridgehead atoms. The number of carbonyl (C=O) groups is 1. The van der Waals surface area contributed by atoms with Crippen molar-refractivity contribution in [2.24, 2.45) is 0 Å². The summed E-state index contributed by atoms with van der Waals surface area (Å²) in [5, 5.41) is 14.9. The van der Waals surface area contributed by atoms with Crippen LogP contribution in [0.25, 0.3) is 0 Å². The number of carbonyl (C=O) groups excluding carboxylic acids is 1. The number of nitrogens with zero attached hydrogens (tertiary/aromatic N) is 4. The highest BCUT2D eigenvalue weighted by Gasteiger charge is 2.10. The summed E-state index contributed by atoms with van der Waals surface area (Å²) in [7, 11) is 0. The quantitative estimate of drug-likeness (QED) is 0.682. The first-order chi connectivity index (χ1) is 10.7. The third-order valence-electron chi connectivity index (χ3n) is 2.42. The second kappa shape index (κ2) is 9.11. The third-order valence-corrected chi connectivity index (χ3v) is 5.61. The fourth-order valence-electron chi connectivity index (χ4n) is 1.38. The van der Waals surface area contributed by atoms with Gasteiger partial charge in [-0.15, -0.1) is 10.2 Å². The van der Waals surface area contributed by atoms with Crippen LogP contribution in [0.2, 0.25) is 0 Å². The van der Waals surface area contributed by atoms with Crippen molar-refractivity contribution in [3.8, 4) is 0 Å². The molecule has 0 radical (unpaired) electrons. The normalized spacial score (nSPS) is 10.8. The second-order valence-electron chi connectivity index (χ2n) is 4.22. The van der Waals surface area contributed by atoms with E-state index in [0.717, 1.165) is 21.5 Å². The average Bonchev–Trinajstić information content (AvgIpc) is 3.17. The highest BCUT2D eigenvalue weighted by Crippen LogP contribution is 2.30. The van der Waals surface area contributed by atoms with Crippen LogP contribution in [0.5, 0.6) is 0 Å². The summed E-state index contributed by atoms with van der Waals surface area (Å²) in [5.41, 5.74) is 0. The molecule has 1 N–H and O–H groups in total. The molecule has 2 aromatic rings. The van der Waals surface area contributed by atoms with E-state index in [9.17, 15) is 4.79 Å². The molecule has 1 amide bonds. The highest BCUT2D eigenvalue weighted by atomic mass is 32.2. The Morgan fingerprint density at radius 1 is 1.27 bits per heavy atom. The summed E-state index contributed by atoms with van der Waals surface area (Å²) in [6.45, 7) is 4.70. The van der Waals surface area contributed by atoms with E-state index in [1.807, 2.05) is 13.8 Å². The SMILES string of the molecule is CCCNC(=O)CSc1nnc(SCc2noc(CC)n2)s1. The Balaban J connectivity index is 1.75. The van der Waals surface area contributed by atoms with E-state index in [2.05, 4.69) is 25.7 Å². The number of amides is 1. The van der Waals surface area contributed by atoms with Gasteiger partial charge in [0, 0.05) is 13.0 Å². The van der Waals surface area contributed by atoms with Crippen molar-refractivity contribution in [1.82, 2.24) is 25.7 Å². The molecule has 7 nitrogen and oxygen atoms in total. The van der Waals surface area contributed by atoms with Crippen LogP contribution in [0.4, 0.5) is 0 Å². The fourth-order valence-corrected chi connectivity index (χ4v) is 4.07. The van der Waals surface area contributed by atoms with E-state index in [1.165, 1.54) is 34.9 Å². The molecule has 0 aliphatic rings. The lowest BCUT2D eigenvalue weighted by molar-refractivity contribution is -0.118. The summed E-state index contributed by atoms with van der Waals surface area (Å²) in [6, 6.07) is 0. The van der Waals surface area contributed by atoms with Gasteiger partial charge in [-0.3, -0.25) is 4.79 Å². The number of thioether (sulfide) groups is 2. The summed E-state index contributed by atoms with van der Waals surface area (Å²) in [4.78, 5) is 15.8. The predicted molar refractivity (Wildman–Crippen MR) is 87.2 cm³/mol. The molecule has 0 atom stereocenters. The number of aromatic nitrogens is 4. The summed E-state index contributed by atoms with van der Waals surface area (Å²) < 4.78 is 6.67. The Bertz CT molecular complexity index is 601. The third kappa shape index (κ3) is 5.58. The molecule has 2 heterocycles. The van der Waals surface area contributed by atoms with Crippen LogP contribution in [-0.4, -0.2) is 38.5 Å². The molecule has 0 fully saturated rings. The molecule has 0 saturated heterocycles. The minimum absolute atomic E-state index is 0.0233. The van der Waals surface area contributed by atoms with Crippen LogP contribution in [-0.2, 0) is 17.0 Å². The van der Waals surface area contributed by atoms with E-state index in [0.29, 0.717) is 29.8 Å². The Labute approximate surface area is 141 Å². The average molecular weight is 360 g/mol. The van der Waals surface area contributed by atoms with Gasteiger partial charge >= 0.3 is 0 Å². The number of rotatable bonds is 9. The molecule has 0 aliphatic heterocycles. The molecule has 0 unspecified atom stereocenters. The number of hydrogen-bond acceptors (Lipinski definition) is 9. The lowest BCUT2D eigenvalue weighted by Crippen LogP contribution is -2.25. The maximum absolute atomic E-state index is 11.5. The van der Waals surface area contributed by atoms with E-state index in [4.69, 9.17) is 4.52 Å². The minimum atomic E-state index is 0.0233. The van der Waals surface area contributed by atoms with Crippen molar-refractivity contribution in [1.29, 1.82) is 0 Å². The largest absolute Gasteiger partial charge is 0.355 e. The molecule has 0 aromatic carbocycles. The van der Waals surface area contributed by atoms with Crippen molar-refractivity contribution in [3.05, 3.63) is 11.7 Å². The van der Waals surface area contributed by atoms with Crippen molar-refractivity contribution in [2.45, 2.75) is 41.1 Å². The zero-order chi connectivity index (χ0) is 15.8. The molecule has 2 rings (SSSR count). The van der Waals surface area contributed by atoms with Gasteiger partial charge in [-0.25, -0.2) is 0 Å². The molecule has 0 spiro atoms. The molecule has 2 aromatic heterocycles.